The molecule has 0 aliphatic carbocycles. The number of aromatic nitrogens is 4. The van der Waals surface area contributed by atoms with Crippen LogP contribution >= 0.6 is 0 Å². The zero-order chi connectivity index (χ0) is 20.5. The Balaban J connectivity index is 1.31. The second-order valence-electron chi connectivity index (χ2n) is 7.98. The normalized spacial score (nSPS) is 14.9. The Morgan fingerprint density at radius 2 is 1.43 bits per heavy atom. The molecule has 0 radical (unpaired) electrons. The molecule has 0 atom stereocenters. The van der Waals surface area contributed by atoms with E-state index in [4.69, 9.17) is 0 Å². The highest BCUT2D eigenvalue weighted by molar-refractivity contribution is 5.72. The first-order chi connectivity index (χ1) is 14.7. The summed E-state index contributed by atoms with van der Waals surface area (Å²) in [7, 11) is 4.11. The molecule has 1 aliphatic heterocycles. The number of rotatable bonds is 4. The Labute approximate surface area is 176 Å². The molecule has 0 saturated carbocycles. The van der Waals surface area contributed by atoms with Gasteiger partial charge < -0.3 is 9.80 Å². The van der Waals surface area contributed by atoms with Crippen LogP contribution in [-0.4, -0.2) is 58.1 Å². The summed E-state index contributed by atoms with van der Waals surface area (Å²) < 4.78 is 1.82. The molecule has 1 fully saturated rings. The van der Waals surface area contributed by atoms with E-state index in [-0.39, 0.29) is 0 Å². The van der Waals surface area contributed by atoms with Gasteiger partial charge in [-0.3, -0.25) is 9.78 Å². The van der Waals surface area contributed by atoms with Gasteiger partial charge in [-0.05, 0) is 36.4 Å². The number of nitrogens with one attached hydrogen (secondary N) is 1. The van der Waals surface area contributed by atoms with Gasteiger partial charge in [0.15, 0.2) is 0 Å². The molecule has 2 aromatic heterocycles. The van der Waals surface area contributed by atoms with Crippen molar-refractivity contribution in [3.05, 3.63) is 67.0 Å². The van der Waals surface area contributed by atoms with Crippen LogP contribution in [0.5, 0.6) is 0 Å². The number of H-pyrrole nitrogens is 1. The van der Waals surface area contributed by atoms with Crippen molar-refractivity contribution in [3.63, 3.8) is 0 Å². The summed E-state index contributed by atoms with van der Waals surface area (Å²) in [6.07, 6.45) is 3.91. The van der Waals surface area contributed by atoms with Gasteiger partial charge in [-0.1, -0.05) is 36.4 Å². The largest absolute Gasteiger partial charge is 0.369 e. The monoisotopic (exact) mass is 398 g/mol. The van der Waals surface area contributed by atoms with Gasteiger partial charge in [-0.25, -0.2) is 0 Å². The highest BCUT2D eigenvalue weighted by Gasteiger charge is 2.14. The van der Waals surface area contributed by atoms with Crippen LogP contribution in [0.1, 0.15) is 0 Å². The Kier molecular flexibility index (Phi) is 4.85. The number of anilines is 1. The van der Waals surface area contributed by atoms with Gasteiger partial charge in [0.25, 0.3) is 0 Å². The van der Waals surface area contributed by atoms with Crippen LogP contribution in [0.25, 0.3) is 33.6 Å². The number of hydrogen-bond donors (Lipinski definition) is 1. The van der Waals surface area contributed by atoms with E-state index in [0.717, 1.165) is 59.8 Å². The topological polar surface area (TPSA) is 53.0 Å². The summed E-state index contributed by atoms with van der Waals surface area (Å²) in [6.45, 7) is 4.39. The van der Waals surface area contributed by atoms with E-state index in [0.29, 0.717) is 0 Å². The van der Waals surface area contributed by atoms with Crippen LogP contribution in [0, 0.1) is 0 Å². The standard InChI is InChI=1S/C24H26N6/c1-28-11-13-30(14-12-28)22-9-7-20(8-10-22)24-15-23(26-27-24)19-5-3-18(4-6-19)21-16-25-29(2)17-21/h3-10,15-17H,11-14H2,1-2H3,(H,26,27). The summed E-state index contributed by atoms with van der Waals surface area (Å²) in [5, 5.41) is 12.0. The van der Waals surface area contributed by atoms with E-state index in [1.54, 1.807) is 0 Å². The van der Waals surface area contributed by atoms with E-state index in [2.05, 4.69) is 86.7 Å². The third-order valence-electron chi connectivity index (χ3n) is 5.84. The zero-order valence-corrected chi connectivity index (χ0v) is 17.4. The van der Waals surface area contributed by atoms with E-state index < -0.39 is 0 Å². The molecule has 6 heteroatoms. The van der Waals surface area contributed by atoms with Crippen molar-refractivity contribution in [1.29, 1.82) is 0 Å². The van der Waals surface area contributed by atoms with Crippen LogP contribution in [0.2, 0.25) is 0 Å². The maximum atomic E-state index is 4.54. The number of aromatic amines is 1. The Bertz CT molecular complexity index is 1120. The molecular weight excluding hydrogens is 372 g/mol. The third kappa shape index (κ3) is 3.74. The lowest BCUT2D eigenvalue weighted by Gasteiger charge is -2.34. The quantitative estimate of drug-likeness (QED) is 0.567. The van der Waals surface area contributed by atoms with Crippen LogP contribution in [0.4, 0.5) is 5.69 Å². The van der Waals surface area contributed by atoms with Crippen LogP contribution in [0.3, 0.4) is 0 Å². The number of aryl methyl sites for hydroxylation is 1. The molecular formula is C24H26N6. The molecule has 6 nitrogen and oxygen atoms in total. The molecule has 3 heterocycles. The second kappa shape index (κ2) is 7.80. The highest BCUT2D eigenvalue weighted by Crippen LogP contribution is 2.28. The SMILES string of the molecule is CN1CCN(c2ccc(-c3cc(-c4ccc(-c5cnn(C)c5)cc4)[nH]n3)cc2)CC1. The van der Waals surface area contributed by atoms with Gasteiger partial charge in [0.05, 0.1) is 17.6 Å². The predicted octanol–water partition coefficient (Wildman–Crippen LogP) is 3.90. The van der Waals surface area contributed by atoms with E-state index in [1.807, 2.05) is 24.1 Å². The van der Waals surface area contributed by atoms with Gasteiger partial charge in [-0.2, -0.15) is 10.2 Å². The Hall–Kier alpha value is -3.38. The fourth-order valence-corrected chi connectivity index (χ4v) is 3.94. The molecule has 0 amide bonds. The fourth-order valence-electron chi connectivity index (χ4n) is 3.94. The van der Waals surface area contributed by atoms with E-state index in [9.17, 15) is 0 Å². The fraction of sp³-hybridized carbons (Fsp3) is 0.250. The van der Waals surface area contributed by atoms with Gasteiger partial charge in [-0.15, -0.1) is 0 Å². The number of benzene rings is 2. The van der Waals surface area contributed by atoms with Gasteiger partial charge in [0, 0.05) is 56.2 Å². The van der Waals surface area contributed by atoms with Crippen molar-refractivity contribution in [2.45, 2.75) is 0 Å². The first-order valence-corrected chi connectivity index (χ1v) is 10.3. The molecule has 1 saturated heterocycles. The van der Waals surface area contributed by atoms with Crippen LogP contribution in [-0.2, 0) is 7.05 Å². The second-order valence-corrected chi connectivity index (χ2v) is 7.98. The lowest BCUT2D eigenvalue weighted by molar-refractivity contribution is 0.313. The molecule has 0 spiro atoms. The van der Waals surface area contributed by atoms with Crippen molar-refractivity contribution in [2.75, 3.05) is 38.1 Å². The molecule has 4 aromatic rings. The van der Waals surface area contributed by atoms with Crippen molar-refractivity contribution >= 4 is 5.69 Å². The van der Waals surface area contributed by atoms with Crippen LogP contribution in [0.15, 0.2) is 67.0 Å². The molecule has 2 aromatic carbocycles. The molecule has 30 heavy (non-hydrogen) atoms. The summed E-state index contributed by atoms with van der Waals surface area (Å²) in [5.41, 5.74) is 7.80. The van der Waals surface area contributed by atoms with Crippen molar-refractivity contribution in [3.8, 4) is 33.6 Å². The summed E-state index contributed by atoms with van der Waals surface area (Å²) in [6, 6.07) is 19.3. The minimum absolute atomic E-state index is 0.964. The number of hydrogen-bond acceptors (Lipinski definition) is 4. The van der Waals surface area contributed by atoms with Crippen LogP contribution < -0.4 is 4.90 Å². The average molecular weight is 399 g/mol. The predicted molar refractivity (Wildman–Crippen MR) is 121 cm³/mol. The van der Waals surface area contributed by atoms with E-state index >= 15 is 0 Å². The molecule has 152 valence electrons. The van der Waals surface area contributed by atoms with E-state index in [1.165, 1.54) is 5.69 Å². The Morgan fingerprint density at radius 3 is 2.10 bits per heavy atom. The maximum Gasteiger partial charge on any atom is 0.0927 e. The molecule has 1 aliphatic rings. The number of nitrogens with zero attached hydrogens (tertiary/aromatic N) is 5. The smallest absolute Gasteiger partial charge is 0.0927 e. The van der Waals surface area contributed by atoms with Crippen molar-refractivity contribution in [1.82, 2.24) is 24.9 Å². The van der Waals surface area contributed by atoms with Gasteiger partial charge in [0.1, 0.15) is 0 Å². The van der Waals surface area contributed by atoms with Crippen molar-refractivity contribution in [2.24, 2.45) is 7.05 Å². The van der Waals surface area contributed by atoms with Gasteiger partial charge in [0.2, 0.25) is 0 Å². The first-order valence-electron chi connectivity index (χ1n) is 10.3. The molecule has 0 bridgehead atoms. The van der Waals surface area contributed by atoms with Gasteiger partial charge >= 0.3 is 0 Å². The minimum Gasteiger partial charge on any atom is -0.369 e. The number of piperazine rings is 1. The minimum atomic E-state index is 0.964. The number of likely N-dealkylation sites (N-methyl/N-ethyl adjacent to an activating group) is 1. The third-order valence-corrected chi connectivity index (χ3v) is 5.84. The summed E-state index contributed by atoms with van der Waals surface area (Å²) in [4.78, 5) is 4.82. The molecule has 1 N–H and O–H groups in total. The zero-order valence-electron chi connectivity index (χ0n) is 17.4. The Morgan fingerprint density at radius 1 is 0.767 bits per heavy atom. The first kappa shape index (κ1) is 18.6. The lowest BCUT2D eigenvalue weighted by Crippen LogP contribution is -2.44. The summed E-state index contributed by atoms with van der Waals surface area (Å²) in [5.74, 6) is 0. The average Bonchev–Trinajstić information content (AvgIpc) is 3.44. The highest BCUT2D eigenvalue weighted by atomic mass is 15.2. The molecule has 5 rings (SSSR count). The maximum absolute atomic E-state index is 4.54. The van der Waals surface area contributed by atoms with Crippen molar-refractivity contribution < 1.29 is 0 Å². The summed E-state index contributed by atoms with van der Waals surface area (Å²) >= 11 is 0. The molecule has 0 unspecified atom stereocenters. The lowest BCUT2D eigenvalue weighted by atomic mass is 10.0.